The van der Waals surface area contributed by atoms with E-state index in [1.807, 2.05) is 0 Å². The Labute approximate surface area is 370 Å². The molecule has 1 heterocycles. The summed E-state index contributed by atoms with van der Waals surface area (Å²) in [6, 6.07) is 39.5. The van der Waals surface area contributed by atoms with E-state index in [-0.39, 0.29) is 7.25 Å². The molecular formula is C56H59Cl2SiZr. The second-order valence-corrected chi connectivity index (χ2v) is 41.0. The molecule has 0 amide bonds. The fraction of sp³-hybridized carbons (Fsp3) is 0.286. The summed E-state index contributed by atoms with van der Waals surface area (Å²) in [6.07, 6.45) is 7.16. The van der Waals surface area contributed by atoms with E-state index in [0.29, 0.717) is 11.8 Å². The van der Waals surface area contributed by atoms with Crippen LogP contribution < -0.4 is 13.6 Å². The van der Waals surface area contributed by atoms with E-state index in [9.17, 15) is 17.0 Å². The summed E-state index contributed by atoms with van der Waals surface area (Å²) in [5.41, 5.74) is 24.1. The molecule has 0 aromatic heterocycles. The van der Waals surface area contributed by atoms with E-state index >= 15 is 0 Å². The number of fused-ring (bicyclic) bond motifs is 5. The third kappa shape index (κ3) is 6.13. The van der Waals surface area contributed by atoms with Crippen LogP contribution in [0.15, 0.2) is 114 Å². The van der Waals surface area contributed by atoms with Gasteiger partial charge in [-0.15, -0.1) is 0 Å². The molecule has 2 aliphatic carbocycles. The van der Waals surface area contributed by atoms with Gasteiger partial charge in [-0.3, -0.25) is 0 Å². The summed E-state index contributed by atoms with van der Waals surface area (Å²) >= 11 is -5.71. The zero-order valence-corrected chi connectivity index (χ0v) is 42.5. The average Bonchev–Trinajstić information content (AvgIpc) is 3.97. The van der Waals surface area contributed by atoms with Gasteiger partial charge in [0.1, 0.15) is 0 Å². The van der Waals surface area contributed by atoms with Gasteiger partial charge in [0.25, 0.3) is 0 Å². The molecule has 305 valence electrons. The summed E-state index contributed by atoms with van der Waals surface area (Å²) in [5.74, 6) is 0.600. The van der Waals surface area contributed by atoms with Crippen molar-refractivity contribution in [1.29, 1.82) is 0 Å². The summed E-state index contributed by atoms with van der Waals surface area (Å²) in [7, 11) is 18.1. The molecule has 4 heteroatoms. The van der Waals surface area contributed by atoms with E-state index in [4.69, 9.17) is 0 Å². The fourth-order valence-corrected chi connectivity index (χ4v) is 39.4. The monoisotopic (exact) mass is 919 g/mol. The Kier molecular flexibility index (Phi) is 10.7. The number of hydrogen-bond donors (Lipinski definition) is 0. The van der Waals surface area contributed by atoms with Gasteiger partial charge in [-0.2, -0.15) is 0 Å². The van der Waals surface area contributed by atoms with Crippen LogP contribution in [0.2, 0.25) is 0 Å². The SMILES string of the molecule is CCC(C)C1=Cc2c(-c3ccc(C)c(C)c3C)cccc2[CH]1[Zr]([Cl])([Cl])([c]1cccc2c1[SiH2]c1ccccc1-2)[CH]1C(C(C)CC)=Cc2c(-c3ccc(C)c(C)c3C)cccc21. The average molecular weight is 922 g/mol. The first kappa shape index (κ1) is 41.8. The zero-order chi connectivity index (χ0) is 42.4. The third-order valence-electron chi connectivity index (χ3n) is 15.7. The standard InChI is InChI=1S/2C22H25.C12H9Si.2ClH.Zr/c2*1-6-14(2)19-12-18-8-7-9-21(22(18)13-19)20-11-10-15(3)16(4)17(20)5;1-3-7-11-9(5-1)10-6-2-4-8-12(10)13-11;;;/h2*7-14H,6H2,1-5H3;1-7H,13H2;2*1H;/q;;;;;+2/p-2. The molecule has 1 aliphatic heterocycles. The van der Waals surface area contributed by atoms with Crippen LogP contribution in [0.25, 0.3) is 45.5 Å². The van der Waals surface area contributed by atoms with Crippen LogP contribution in [0.4, 0.5) is 0 Å². The van der Waals surface area contributed by atoms with Crippen LogP contribution >= 0.6 is 17.0 Å². The van der Waals surface area contributed by atoms with Crippen molar-refractivity contribution < 1.29 is 16.4 Å². The molecule has 0 N–H and O–H groups in total. The van der Waals surface area contributed by atoms with E-state index in [2.05, 4.69) is 185 Å². The minimum atomic E-state index is -5.71. The summed E-state index contributed by atoms with van der Waals surface area (Å²) in [5, 5.41) is 2.98. The Balaban J connectivity index is 1.40. The van der Waals surface area contributed by atoms with Gasteiger partial charge in [-0.05, 0) is 0 Å². The molecule has 9 rings (SSSR count). The van der Waals surface area contributed by atoms with Crippen LogP contribution in [0.3, 0.4) is 0 Å². The number of hydrogen-bond acceptors (Lipinski definition) is 0. The van der Waals surface area contributed by atoms with Crippen molar-refractivity contribution in [2.75, 3.05) is 0 Å². The fourth-order valence-electron chi connectivity index (χ4n) is 11.4. The van der Waals surface area contributed by atoms with Gasteiger partial charge < -0.3 is 0 Å². The maximum absolute atomic E-state index is 9.47. The zero-order valence-electron chi connectivity index (χ0n) is 37.2. The Morgan fingerprint density at radius 3 is 1.45 bits per heavy atom. The first-order valence-electron chi connectivity index (χ1n) is 22.3. The molecule has 0 spiro atoms. The predicted molar refractivity (Wildman–Crippen MR) is 264 cm³/mol. The first-order chi connectivity index (χ1) is 28.7. The van der Waals surface area contributed by atoms with Crippen LogP contribution in [0.5, 0.6) is 0 Å². The molecule has 6 aromatic rings. The minimum absolute atomic E-state index is 0.105. The van der Waals surface area contributed by atoms with Gasteiger partial charge in [0, 0.05) is 0 Å². The second-order valence-electron chi connectivity index (χ2n) is 18.6. The topological polar surface area (TPSA) is 0 Å². The van der Waals surface area contributed by atoms with Crippen molar-refractivity contribution >= 4 is 52.3 Å². The number of aryl methyl sites for hydroxylation is 2. The molecule has 0 saturated carbocycles. The van der Waals surface area contributed by atoms with Gasteiger partial charge >= 0.3 is 373 Å². The molecule has 0 radical (unpaired) electrons. The normalized spacial score (nSPS) is 18.6. The molecule has 6 aromatic carbocycles. The van der Waals surface area contributed by atoms with E-state index in [1.165, 1.54) is 114 Å². The number of allylic oxidation sites excluding steroid dienone is 2. The van der Waals surface area contributed by atoms with Crippen molar-refractivity contribution in [3.05, 3.63) is 170 Å². The number of benzene rings is 6. The molecular weight excluding hydrogens is 863 g/mol. The quantitative estimate of drug-likeness (QED) is 0.127. The van der Waals surface area contributed by atoms with Crippen molar-refractivity contribution in [2.24, 2.45) is 11.8 Å². The third-order valence-corrected chi connectivity index (χ3v) is 38.3. The Hall–Kier alpha value is -3.52. The molecule has 4 atom stereocenters. The van der Waals surface area contributed by atoms with Crippen LogP contribution in [0.1, 0.15) is 103 Å². The van der Waals surface area contributed by atoms with Crippen molar-refractivity contribution in [2.45, 2.75) is 89.3 Å². The molecule has 0 bridgehead atoms. The molecule has 4 unspecified atom stereocenters. The van der Waals surface area contributed by atoms with Crippen molar-refractivity contribution in [1.82, 2.24) is 0 Å². The van der Waals surface area contributed by atoms with Gasteiger partial charge in [0.2, 0.25) is 0 Å². The molecule has 0 nitrogen and oxygen atoms in total. The summed E-state index contributed by atoms with van der Waals surface area (Å²) < 4.78 is 1.09. The van der Waals surface area contributed by atoms with Crippen LogP contribution in [-0.4, -0.2) is 9.52 Å². The van der Waals surface area contributed by atoms with E-state index in [1.54, 1.807) is 0 Å². The summed E-state index contributed by atoms with van der Waals surface area (Å²) in [6.45, 7) is 23.1. The van der Waals surface area contributed by atoms with E-state index in [0.717, 1.165) is 12.8 Å². The molecule has 60 heavy (non-hydrogen) atoms. The Bertz CT molecular complexity index is 2680. The Morgan fingerprint density at radius 2 is 0.950 bits per heavy atom. The van der Waals surface area contributed by atoms with Crippen molar-refractivity contribution in [3.8, 4) is 33.4 Å². The van der Waals surface area contributed by atoms with Crippen LogP contribution in [-0.2, 0) is 16.4 Å². The molecule has 3 aliphatic rings. The Morgan fingerprint density at radius 1 is 0.500 bits per heavy atom. The number of rotatable bonds is 9. The molecule has 0 fully saturated rings. The summed E-state index contributed by atoms with van der Waals surface area (Å²) in [4.78, 5) is 0. The first-order valence-corrected chi connectivity index (χ1v) is 34.1. The number of halogens is 2. The van der Waals surface area contributed by atoms with Gasteiger partial charge in [-0.1, -0.05) is 0 Å². The van der Waals surface area contributed by atoms with Gasteiger partial charge in [0.05, 0.1) is 0 Å². The predicted octanol–water partition coefficient (Wildman–Crippen LogP) is 14.0. The van der Waals surface area contributed by atoms with E-state index < -0.39 is 25.9 Å². The molecule has 0 saturated heterocycles. The van der Waals surface area contributed by atoms with Crippen molar-refractivity contribution in [3.63, 3.8) is 0 Å². The van der Waals surface area contributed by atoms with Gasteiger partial charge in [0.15, 0.2) is 0 Å². The second kappa shape index (κ2) is 15.4. The van der Waals surface area contributed by atoms with Crippen LogP contribution in [0, 0.1) is 53.4 Å². The maximum atomic E-state index is 9.47. The van der Waals surface area contributed by atoms with Gasteiger partial charge in [-0.25, -0.2) is 0 Å².